The monoisotopic (exact) mass is 169 g/mol. The molecule has 68 valence electrons. The fraction of sp³-hybridized carbons (Fsp3) is 0.667. The van der Waals surface area contributed by atoms with Crippen LogP contribution in [0.1, 0.15) is 19.8 Å². The third-order valence-corrected chi connectivity index (χ3v) is 2.32. The van der Waals surface area contributed by atoms with Crippen LogP contribution in [0.4, 0.5) is 0 Å². The van der Waals surface area contributed by atoms with E-state index in [1.54, 1.807) is 0 Å². The average Bonchev–Trinajstić information content (AvgIpc) is 2.03. The van der Waals surface area contributed by atoms with Gasteiger partial charge in [0.15, 0.2) is 0 Å². The van der Waals surface area contributed by atoms with Gasteiger partial charge >= 0.3 is 5.97 Å². The summed E-state index contributed by atoms with van der Waals surface area (Å²) in [5.41, 5.74) is 1.71. The Morgan fingerprint density at radius 2 is 2.33 bits per heavy atom. The van der Waals surface area contributed by atoms with E-state index in [4.69, 9.17) is 5.11 Å². The van der Waals surface area contributed by atoms with Gasteiger partial charge in [-0.25, -0.2) is 4.79 Å². The van der Waals surface area contributed by atoms with E-state index < -0.39 is 5.97 Å². The van der Waals surface area contributed by atoms with E-state index in [1.165, 1.54) is 0 Å². The number of carboxylic acids is 1. The zero-order valence-corrected chi connectivity index (χ0v) is 7.63. The number of hydrogen-bond donors (Lipinski definition) is 1. The summed E-state index contributed by atoms with van der Waals surface area (Å²) in [5, 5.41) is 8.85. The second-order valence-corrected chi connectivity index (χ2v) is 3.23. The van der Waals surface area contributed by atoms with Crippen molar-refractivity contribution in [3.63, 3.8) is 0 Å². The second-order valence-electron chi connectivity index (χ2n) is 3.23. The lowest BCUT2D eigenvalue weighted by Crippen LogP contribution is -2.29. The highest BCUT2D eigenvalue weighted by molar-refractivity contribution is 5.87. The van der Waals surface area contributed by atoms with Crippen molar-refractivity contribution in [1.29, 1.82) is 0 Å². The van der Waals surface area contributed by atoms with Gasteiger partial charge in [0.2, 0.25) is 0 Å². The van der Waals surface area contributed by atoms with Crippen LogP contribution in [0.5, 0.6) is 0 Å². The van der Waals surface area contributed by atoms with Crippen LogP contribution in [-0.2, 0) is 4.79 Å². The second kappa shape index (κ2) is 3.72. The topological polar surface area (TPSA) is 40.5 Å². The van der Waals surface area contributed by atoms with Gasteiger partial charge in [0.25, 0.3) is 0 Å². The van der Waals surface area contributed by atoms with Crippen molar-refractivity contribution in [1.82, 2.24) is 4.90 Å². The van der Waals surface area contributed by atoms with Crippen molar-refractivity contribution >= 4 is 5.97 Å². The van der Waals surface area contributed by atoms with E-state index in [0.717, 1.165) is 25.1 Å². The molecule has 1 aliphatic rings. The first-order chi connectivity index (χ1) is 5.65. The number of nitrogens with zero attached hydrogens (tertiary/aromatic N) is 1. The average molecular weight is 169 g/mol. The lowest BCUT2D eigenvalue weighted by molar-refractivity contribution is -0.133. The van der Waals surface area contributed by atoms with Crippen molar-refractivity contribution in [3.05, 3.63) is 11.1 Å². The van der Waals surface area contributed by atoms with E-state index in [9.17, 15) is 4.79 Å². The third kappa shape index (κ3) is 1.85. The Balaban J connectivity index is 2.83. The van der Waals surface area contributed by atoms with Crippen LogP contribution < -0.4 is 0 Å². The molecule has 1 N–H and O–H groups in total. The maximum atomic E-state index is 10.8. The molecule has 0 aromatic heterocycles. The normalized spacial score (nSPS) is 19.8. The molecule has 0 unspecified atom stereocenters. The van der Waals surface area contributed by atoms with E-state index in [-0.39, 0.29) is 0 Å². The van der Waals surface area contributed by atoms with E-state index >= 15 is 0 Å². The quantitative estimate of drug-likeness (QED) is 0.673. The zero-order chi connectivity index (χ0) is 9.14. The minimum absolute atomic E-state index is 0.635. The Labute approximate surface area is 72.7 Å². The van der Waals surface area contributed by atoms with Crippen LogP contribution in [0.25, 0.3) is 0 Å². The van der Waals surface area contributed by atoms with Crippen LogP contribution in [0.3, 0.4) is 0 Å². The molecule has 0 fully saturated rings. The van der Waals surface area contributed by atoms with E-state index in [2.05, 4.69) is 4.90 Å². The predicted molar refractivity (Wildman–Crippen MR) is 47.1 cm³/mol. The number of aliphatic carboxylic acids is 1. The van der Waals surface area contributed by atoms with Gasteiger partial charge in [-0.05, 0) is 25.5 Å². The first-order valence-electron chi connectivity index (χ1n) is 4.28. The van der Waals surface area contributed by atoms with Gasteiger partial charge in [0.05, 0.1) is 0 Å². The summed E-state index contributed by atoms with van der Waals surface area (Å²) in [5.74, 6) is -0.736. The maximum absolute atomic E-state index is 10.8. The number of carboxylic acid groups (broad SMARTS) is 1. The number of carbonyl (C=O) groups is 1. The molecule has 0 atom stereocenters. The van der Waals surface area contributed by atoms with Crippen LogP contribution in [0, 0.1) is 0 Å². The van der Waals surface area contributed by atoms with Crippen LogP contribution in [-0.4, -0.2) is 36.1 Å². The summed E-state index contributed by atoms with van der Waals surface area (Å²) in [6, 6.07) is 0. The molecule has 3 nitrogen and oxygen atoms in total. The predicted octanol–water partition coefficient (Wildman–Crippen LogP) is 1.11. The zero-order valence-electron chi connectivity index (χ0n) is 7.63. The highest BCUT2D eigenvalue weighted by Crippen LogP contribution is 2.19. The SMILES string of the molecule is CCC1=C(C(=O)O)CCN(C)C1. The van der Waals surface area contributed by atoms with Gasteiger partial charge in [-0.15, -0.1) is 0 Å². The van der Waals surface area contributed by atoms with Crippen molar-refractivity contribution in [2.75, 3.05) is 20.1 Å². The number of rotatable bonds is 2. The standard InChI is InChI=1S/C9H15NO2/c1-3-7-6-10(2)5-4-8(7)9(11)12/h3-6H2,1-2H3,(H,11,12). The molecule has 12 heavy (non-hydrogen) atoms. The molecular weight excluding hydrogens is 154 g/mol. The molecule has 3 heteroatoms. The Morgan fingerprint density at radius 1 is 1.67 bits per heavy atom. The van der Waals surface area contributed by atoms with Gasteiger partial charge in [-0.1, -0.05) is 6.92 Å². The summed E-state index contributed by atoms with van der Waals surface area (Å²) in [4.78, 5) is 12.9. The minimum atomic E-state index is -0.736. The smallest absolute Gasteiger partial charge is 0.331 e. The number of hydrogen-bond acceptors (Lipinski definition) is 2. The molecule has 1 aliphatic heterocycles. The van der Waals surface area contributed by atoms with Crippen LogP contribution in [0.2, 0.25) is 0 Å². The molecule has 0 radical (unpaired) electrons. The van der Waals surface area contributed by atoms with Gasteiger partial charge in [0.1, 0.15) is 0 Å². The lowest BCUT2D eigenvalue weighted by atomic mass is 9.99. The summed E-state index contributed by atoms with van der Waals surface area (Å²) in [7, 11) is 2.02. The van der Waals surface area contributed by atoms with E-state index in [0.29, 0.717) is 12.0 Å². The Morgan fingerprint density at radius 3 is 2.83 bits per heavy atom. The molecule has 1 rings (SSSR count). The molecule has 0 aromatic carbocycles. The molecular formula is C9H15NO2. The largest absolute Gasteiger partial charge is 0.478 e. The summed E-state index contributed by atoms with van der Waals surface area (Å²) < 4.78 is 0. The molecule has 0 aliphatic carbocycles. The molecule has 0 saturated heterocycles. The maximum Gasteiger partial charge on any atom is 0.331 e. The fourth-order valence-corrected chi connectivity index (χ4v) is 1.56. The summed E-state index contributed by atoms with van der Waals surface area (Å²) in [6.07, 6.45) is 1.54. The molecule has 0 spiro atoms. The Bertz CT molecular complexity index is 221. The van der Waals surface area contributed by atoms with Gasteiger partial charge in [-0.3, -0.25) is 0 Å². The third-order valence-electron chi connectivity index (χ3n) is 2.32. The Hall–Kier alpha value is -0.830. The molecule has 1 heterocycles. The van der Waals surface area contributed by atoms with Crippen LogP contribution in [0.15, 0.2) is 11.1 Å². The molecule has 0 amide bonds. The van der Waals surface area contributed by atoms with Gasteiger partial charge in [-0.2, -0.15) is 0 Å². The molecule has 0 bridgehead atoms. The van der Waals surface area contributed by atoms with Gasteiger partial charge in [0, 0.05) is 18.7 Å². The van der Waals surface area contributed by atoms with Gasteiger partial charge < -0.3 is 10.0 Å². The van der Waals surface area contributed by atoms with Crippen molar-refractivity contribution in [3.8, 4) is 0 Å². The highest BCUT2D eigenvalue weighted by atomic mass is 16.4. The number of likely N-dealkylation sites (N-methyl/N-ethyl adjacent to an activating group) is 1. The van der Waals surface area contributed by atoms with Crippen molar-refractivity contribution in [2.24, 2.45) is 0 Å². The first-order valence-corrected chi connectivity index (χ1v) is 4.28. The summed E-state index contributed by atoms with van der Waals surface area (Å²) in [6.45, 7) is 3.70. The molecule has 0 aromatic rings. The fourth-order valence-electron chi connectivity index (χ4n) is 1.56. The summed E-state index contributed by atoms with van der Waals surface area (Å²) >= 11 is 0. The first kappa shape index (κ1) is 9.26. The Kier molecular flexibility index (Phi) is 2.87. The van der Waals surface area contributed by atoms with E-state index in [1.807, 2.05) is 14.0 Å². The molecule has 0 saturated carbocycles. The highest BCUT2D eigenvalue weighted by Gasteiger charge is 2.19. The minimum Gasteiger partial charge on any atom is -0.478 e. The van der Waals surface area contributed by atoms with Crippen molar-refractivity contribution in [2.45, 2.75) is 19.8 Å². The van der Waals surface area contributed by atoms with Crippen molar-refractivity contribution < 1.29 is 9.90 Å². The lowest BCUT2D eigenvalue weighted by Gasteiger charge is -2.25. The van der Waals surface area contributed by atoms with Crippen LogP contribution >= 0.6 is 0 Å².